The number of benzene rings is 2. The van der Waals surface area contributed by atoms with Gasteiger partial charge in [0.25, 0.3) is 0 Å². The molecule has 122 valence electrons. The first-order valence-electron chi connectivity index (χ1n) is 7.78. The fourth-order valence-corrected chi connectivity index (χ4v) is 2.88. The molecular formula is C18H20F2N2O. The van der Waals surface area contributed by atoms with Gasteiger partial charge in [0.2, 0.25) is 0 Å². The molecule has 1 atom stereocenters. The summed E-state index contributed by atoms with van der Waals surface area (Å²) in [4.78, 5) is 4.40. The van der Waals surface area contributed by atoms with Crippen molar-refractivity contribution in [2.75, 3.05) is 37.6 Å². The van der Waals surface area contributed by atoms with Crippen LogP contribution in [0.25, 0.3) is 0 Å². The van der Waals surface area contributed by atoms with Crippen LogP contribution in [0.5, 0.6) is 0 Å². The van der Waals surface area contributed by atoms with Crippen LogP contribution in [0.3, 0.4) is 0 Å². The molecule has 3 rings (SSSR count). The normalized spacial score (nSPS) is 17.3. The molecule has 0 saturated carbocycles. The zero-order valence-electron chi connectivity index (χ0n) is 12.8. The van der Waals surface area contributed by atoms with Crippen molar-refractivity contribution in [1.82, 2.24) is 4.90 Å². The molecule has 3 nitrogen and oxygen atoms in total. The average molecular weight is 318 g/mol. The lowest BCUT2D eigenvalue weighted by Gasteiger charge is -2.37. The van der Waals surface area contributed by atoms with Gasteiger partial charge in [-0.1, -0.05) is 12.1 Å². The van der Waals surface area contributed by atoms with Crippen LogP contribution in [0.1, 0.15) is 11.7 Å². The van der Waals surface area contributed by atoms with Gasteiger partial charge in [-0.3, -0.25) is 4.90 Å². The predicted molar refractivity (Wildman–Crippen MR) is 86.4 cm³/mol. The maximum atomic E-state index is 13.0. The topological polar surface area (TPSA) is 26.7 Å². The monoisotopic (exact) mass is 318 g/mol. The molecule has 1 saturated heterocycles. The Kier molecular flexibility index (Phi) is 4.88. The van der Waals surface area contributed by atoms with Gasteiger partial charge in [0.15, 0.2) is 0 Å². The SMILES string of the molecule is O[C@H](CN1CCN(c2ccc(F)cc2)CC1)c1ccc(F)cc1. The van der Waals surface area contributed by atoms with Crippen molar-refractivity contribution < 1.29 is 13.9 Å². The van der Waals surface area contributed by atoms with Crippen LogP contribution >= 0.6 is 0 Å². The van der Waals surface area contributed by atoms with Gasteiger partial charge in [0, 0.05) is 38.4 Å². The van der Waals surface area contributed by atoms with Crippen molar-refractivity contribution >= 4 is 5.69 Å². The number of hydrogen-bond acceptors (Lipinski definition) is 3. The van der Waals surface area contributed by atoms with Crippen LogP contribution < -0.4 is 4.90 Å². The average Bonchev–Trinajstić information content (AvgIpc) is 2.57. The first kappa shape index (κ1) is 15.9. The van der Waals surface area contributed by atoms with Crippen LogP contribution in [0, 0.1) is 11.6 Å². The highest BCUT2D eigenvalue weighted by Gasteiger charge is 2.20. The zero-order valence-corrected chi connectivity index (χ0v) is 12.8. The van der Waals surface area contributed by atoms with E-state index in [0.29, 0.717) is 6.54 Å². The third-order valence-electron chi connectivity index (χ3n) is 4.25. The molecule has 1 heterocycles. The van der Waals surface area contributed by atoms with Crippen molar-refractivity contribution in [3.8, 4) is 0 Å². The number of hydrogen-bond donors (Lipinski definition) is 1. The van der Waals surface area contributed by atoms with E-state index < -0.39 is 6.10 Å². The minimum atomic E-state index is -0.618. The largest absolute Gasteiger partial charge is 0.387 e. The minimum absolute atomic E-state index is 0.227. The number of aliphatic hydroxyl groups is 1. The van der Waals surface area contributed by atoms with E-state index in [0.717, 1.165) is 37.4 Å². The van der Waals surface area contributed by atoms with Crippen molar-refractivity contribution in [1.29, 1.82) is 0 Å². The standard InChI is InChI=1S/C18H20F2N2O/c19-15-3-1-14(2-4-15)18(23)13-21-9-11-22(12-10-21)17-7-5-16(20)6-8-17/h1-8,18,23H,9-13H2/t18-/m1/s1. The Morgan fingerprint density at radius 1 is 0.826 bits per heavy atom. The Bertz CT molecular complexity index is 622. The molecule has 1 aliphatic heterocycles. The Morgan fingerprint density at radius 3 is 1.91 bits per heavy atom. The minimum Gasteiger partial charge on any atom is -0.387 e. The maximum Gasteiger partial charge on any atom is 0.123 e. The lowest BCUT2D eigenvalue weighted by Crippen LogP contribution is -2.47. The molecule has 0 aromatic heterocycles. The summed E-state index contributed by atoms with van der Waals surface area (Å²) in [5, 5.41) is 10.3. The fraction of sp³-hybridized carbons (Fsp3) is 0.333. The molecule has 2 aromatic rings. The summed E-state index contributed by atoms with van der Waals surface area (Å²) in [6, 6.07) is 12.5. The van der Waals surface area contributed by atoms with Crippen molar-refractivity contribution in [2.45, 2.75) is 6.10 Å². The molecule has 0 aliphatic carbocycles. The van der Waals surface area contributed by atoms with Gasteiger partial charge in [-0.05, 0) is 42.0 Å². The molecule has 1 N–H and O–H groups in total. The van der Waals surface area contributed by atoms with E-state index in [1.807, 2.05) is 0 Å². The molecule has 1 aliphatic rings. The molecule has 0 amide bonds. The molecule has 0 spiro atoms. The van der Waals surface area contributed by atoms with Gasteiger partial charge in [-0.2, -0.15) is 0 Å². The van der Waals surface area contributed by atoms with Crippen LogP contribution in [-0.4, -0.2) is 42.7 Å². The maximum absolute atomic E-state index is 13.0. The summed E-state index contributed by atoms with van der Waals surface area (Å²) in [5.74, 6) is -0.524. The Hall–Kier alpha value is -1.98. The summed E-state index contributed by atoms with van der Waals surface area (Å²) in [7, 11) is 0. The molecule has 0 unspecified atom stereocenters. The molecule has 2 aromatic carbocycles. The van der Waals surface area contributed by atoms with Gasteiger partial charge in [-0.15, -0.1) is 0 Å². The number of nitrogens with zero attached hydrogens (tertiary/aromatic N) is 2. The first-order chi connectivity index (χ1) is 11.1. The summed E-state index contributed by atoms with van der Waals surface area (Å²) >= 11 is 0. The van der Waals surface area contributed by atoms with E-state index in [2.05, 4.69) is 9.80 Å². The second-order valence-electron chi connectivity index (χ2n) is 5.83. The first-order valence-corrected chi connectivity index (χ1v) is 7.78. The molecule has 23 heavy (non-hydrogen) atoms. The number of anilines is 1. The molecule has 5 heteroatoms. The highest BCUT2D eigenvalue weighted by molar-refractivity contribution is 5.46. The fourth-order valence-electron chi connectivity index (χ4n) is 2.88. The van der Waals surface area contributed by atoms with E-state index in [4.69, 9.17) is 0 Å². The van der Waals surface area contributed by atoms with Crippen molar-refractivity contribution in [3.05, 3.63) is 65.7 Å². The Balaban J connectivity index is 1.52. The van der Waals surface area contributed by atoms with Crippen LogP contribution in [0.2, 0.25) is 0 Å². The Labute approximate surface area is 134 Å². The number of rotatable bonds is 4. The second-order valence-corrected chi connectivity index (χ2v) is 5.83. The van der Waals surface area contributed by atoms with Gasteiger partial charge < -0.3 is 10.0 Å². The lowest BCUT2D eigenvalue weighted by atomic mass is 10.1. The smallest absolute Gasteiger partial charge is 0.123 e. The highest BCUT2D eigenvalue weighted by Crippen LogP contribution is 2.19. The third-order valence-corrected chi connectivity index (χ3v) is 4.25. The lowest BCUT2D eigenvalue weighted by molar-refractivity contribution is 0.109. The molecular weight excluding hydrogens is 298 g/mol. The zero-order chi connectivity index (χ0) is 16.2. The van der Waals surface area contributed by atoms with Gasteiger partial charge in [0.1, 0.15) is 11.6 Å². The predicted octanol–water partition coefficient (Wildman–Crippen LogP) is 2.82. The van der Waals surface area contributed by atoms with Crippen LogP contribution in [0.4, 0.5) is 14.5 Å². The number of β-amino-alcohol motifs (C(OH)–C–C–N with tert-alkyl or cyclic N) is 1. The van der Waals surface area contributed by atoms with E-state index >= 15 is 0 Å². The highest BCUT2D eigenvalue weighted by atomic mass is 19.1. The number of halogens is 2. The second kappa shape index (κ2) is 7.06. The van der Waals surface area contributed by atoms with Gasteiger partial charge in [0.05, 0.1) is 6.10 Å². The van der Waals surface area contributed by atoms with E-state index in [-0.39, 0.29) is 11.6 Å². The summed E-state index contributed by atoms with van der Waals surface area (Å²) < 4.78 is 25.9. The Morgan fingerprint density at radius 2 is 1.35 bits per heavy atom. The van der Waals surface area contributed by atoms with Crippen molar-refractivity contribution in [2.24, 2.45) is 0 Å². The quantitative estimate of drug-likeness (QED) is 0.939. The summed E-state index contributed by atoms with van der Waals surface area (Å²) in [5.41, 5.74) is 1.75. The van der Waals surface area contributed by atoms with Crippen LogP contribution in [0.15, 0.2) is 48.5 Å². The van der Waals surface area contributed by atoms with Gasteiger partial charge in [-0.25, -0.2) is 8.78 Å². The van der Waals surface area contributed by atoms with Crippen molar-refractivity contribution in [3.63, 3.8) is 0 Å². The molecule has 1 fully saturated rings. The summed E-state index contributed by atoms with van der Waals surface area (Å²) in [6.07, 6.45) is -0.618. The third kappa shape index (κ3) is 4.06. The molecule has 0 radical (unpaired) electrons. The van der Waals surface area contributed by atoms with E-state index in [9.17, 15) is 13.9 Å². The summed E-state index contributed by atoms with van der Waals surface area (Å²) in [6.45, 7) is 3.86. The van der Waals surface area contributed by atoms with E-state index in [1.165, 1.54) is 24.3 Å². The molecule has 0 bridgehead atoms. The van der Waals surface area contributed by atoms with Gasteiger partial charge >= 0.3 is 0 Å². The van der Waals surface area contributed by atoms with Crippen LogP contribution in [-0.2, 0) is 0 Å². The number of aliphatic hydroxyl groups excluding tert-OH is 1. The van der Waals surface area contributed by atoms with E-state index in [1.54, 1.807) is 24.3 Å². The number of piperazine rings is 1.